The van der Waals surface area contributed by atoms with Crippen LogP contribution < -0.4 is 5.32 Å². The Labute approximate surface area is 115 Å². The Morgan fingerprint density at radius 2 is 1.95 bits per heavy atom. The van der Waals surface area contributed by atoms with Crippen molar-refractivity contribution in [3.63, 3.8) is 0 Å². The normalized spacial score (nSPS) is 17.8. The van der Waals surface area contributed by atoms with E-state index in [0.29, 0.717) is 5.92 Å². The van der Waals surface area contributed by atoms with Gasteiger partial charge in [0.15, 0.2) is 0 Å². The maximum Gasteiger partial charge on any atom is 0.317 e. The Bertz CT molecular complexity index is 301. The Morgan fingerprint density at radius 3 is 2.47 bits per heavy atom. The second kappa shape index (κ2) is 8.02. The van der Waals surface area contributed by atoms with Crippen LogP contribution in [-0.2, 0) is 4.79 Å². The van der Waals surface area contributed by atoms with Gasteiger partial charge in [0.25, 0.3) is 0 Å². The average Bonchev–Trinajstić information content (AvgIpc) is 2.42. The maximum atomic E-state index is 12.0. The van der Waals surface area contributed by atoms with Crippen LogP contribution in [0, 0.1) is 5.92 Å². The topological polar surface area (TPSA) is 69.6 Å². The molecule has 0 spiro atoms. The van der Waals surface area contributed by atoms with E-state index in [1.165, 1.54) is 37.0 Å². The smallest absolute Gasteiger partial charge is 0.317 e. The quantitative estimate of drug-likeness (QED) is 0.779. The first kappa shape index (κ1) is 15.8. The van der Waals surface area contributed by atoms with Gasteiger partial charge in [0.2, 0.25) is 0 Å². The summed E-state index contributed by atoms with van der Waals surface area (Å²) >= 11 is 0. The van der Waals surface area contributed by atoms with Gasteiger partial charge in [-0.15, -0.1) is 0 Å². The summed E-state index contributed by atoms with van der Waals surface area (Å²) < 4.78 is 0. The highest BCUT2D eigenvalue weighted by Gasteiger charge is 2.24. The number of carboxylic acids is 1. The molecule has 5 heteroatoms. The maximum absolute atomic E-state index is 12.0. The molecule has 19 heavy (non-hydrogen) atoms. The number of carbonyl (C=O) groups excluding carboxylic acids is 1. The number of aliphatic carboxylic acids is 1. The van der Waals surface area contributed by atoms with Crippen molar-refractivity contribution in [1.29, 1.82) is 0 Å². The zero-order valence-electron chi connectivity index (χ0n) is 12.0. The van der Waals surface area contributed by atoms with Gasteiger partial charge in [-0.1, -0.05) is 26.2 Å². The number of hydrogen-bond donors (Lipinski definition) is 2. The molecule has 0 aromatic carbocycles. The van der Waals surface area contributed by atoms with Crippen LogP contribution in [-0.4, -0.2) is 41.6 Å². The summed E-state index contributed by atoms with van der Waals surface area (Å²) in [7, 11) is 1.64. The van der Waals surface area contributed by atoms with Crippen LogP contribution >= 0.6 is 0 Å². The molecule has 0 aliphatic heterocycles. The van der Waals surface area contributed by atoms with Crippen LogP contribution in [0.3, 0.4) is 0 Å². The number of amides is 2. The standard InChI is InChI=1S/C14H26N2O3/c1-3-12(11-7-5-4-6-8-11)15-14(19)16(2)10-9-13(17)18/h11-12H,3-10H2,1-2H3,(H,15,19)(H,17,18). The third kappa shape index (κ3) is 5.49. The highest BCUT2D eigenvalue weighted by Crippen LogP contribution is 2.27. The molecule has 1 aliphatic carbocycles. The van der Waals surface area contributed by atoms with E-state index in [1.54, 1.807) is 7.05 Å². The molecule has 110 valence electrons. The number of carboxylic acid groups (broad SMARTS) is 1. The predicted molar refractivity (Wildman–Crippen MR) is 74.1 cm³/mol. The van der Waals surface area contributed by atoms with Crippen LogP contribution in [0.4, 0.5) is 4.79 Å². The van der Waals surface area contributed by atoms with Crippen LogP contribution in [0.25, 0.3) is 0 Å². The molecule has 0 bridgehead atoms. The third-order valence-electron chi connectivity index (χ3n) is 3.98. The van der Waals surface area contributed by atoms with Crippen LogP contribution in [0.5, 0.6) is 0 Å². The molecule has 1 rings (SSSR count). The van der Waals surface area contributed by atoms with Gasteiger partial charge in [0.05, 0.1) is 6.42 Å². The van der Waals surface area contributed by atoms with E-state index in [2.05, 4.69) is 12.2 Å². The largest absolute Gasteiger partial charge is 0.481 e. The molecule has 0 saturated heterocycles. The molecule has 0 aromatic rings. The average molecular weight is 270 g/mol. The third-order valence-corrected chi connectivity index (χ3v) is 3.98. The molecule has 1 fully saturated rings. The summed E-state index contributed by atoms with van der Waals surface area (Å²) in [4.78, 5) is 23.9. The number of nitrogens with one attached hydrogen (secondary N) is 1. The molecular formula is C14H26N2O3. The van der Waals surface area contributed by atoms with Crippen LogP contribution in [0.15, 0.2) is 0 Å². The van der Waals surface area contributed by atoms with Crippen molar-refractivity contribution in [1.82, 2.24) is 10.2 Å². The van der Waals surface area contributed by atoms with Gasteiger partial charge >= 0.3 is 12.0 Å². The molecule has 1 saturated carbocycles. The second-order valence-electron chi connectivity index (χ2n) is 5.43. The molecule has 5 nitrogen and oxygen atoms in total. The van der Waals surface area contributed by atoms with Crippen molar-refractivity contribution >= 4 is 12.0 Å². The lowest BCUT2D eigenvalue weighted by Gasteiger charge is -2.31. The van der Waals surface area contributed by atoms with Crippen molar-refractivity contribution in [2.45, 2.75) is 57.9 Å². The molecule has 0 radical (unpaired) electrons. The minimum atomic E-state index is -0.876. The first-order valence-corrected chi connectivity index (χ1v) is 7.28. The zero-order chi connectivity index (χ0) is 14.3. The lowest BCUT2D eigenvalue weighted by Crippen LogP contribution is -2.46. The van der Waals surface area contributed by atoms with Gasteiger partial charge in [0, 0.05) is 19.6 Å². The molecule has 2 amide bonds. The summed E-state index contributed by atoms with van der Waals surface area (Å²) in [6.07, 6.45) is 7.12. The predicted octanol–water partition coefficient (Wildman–Crippen LogP) is 2.46. The lowest BCUT2D eigenvalue weighted by molar-refractivity contribution is -0.137. The molecule has 2 N–H and O–H groups in total. The van der Waals surface area contributed by atoms with Gasteiger partial charge in [-0.2, -0.15) is 0 Å². The van der Waals surface area contributed by atoms with Gasteiger partial charge < -0.3 is 15.3 Å². The number of urea groups is 1. The summed E-state index contributed by atoms with van der Waals surface area (Å²) in [6, 6.07) is 0.0683. The van der Waals surface area contributed by atoms with E-state index in [0.717, 1.165) is 6.42 Å². The number of rotatable bonds is 6. The fourth-order valence-electron chi connectivity index (χ4n) is 2.72. The molecule has 0 aromatic heterocycles. The van der Waals surface area contributed by atoms with Crippen molar-refractivity contribution in [2.24, 2.45) is 5.92 Å². The fourth-order valence-corrected chi connectivity index (χ4v) is 2.72. The minimum absolute atomic E-state index is 0.00978. The van der Waals surface area contributed by atoms with Gasteiger partial charge in [-0.3, -0.25) is 4.79 Å². The summed E-state index contributed by atoms with van der Waals surface area (Å²) in [5, 5.41) is 11.7. The van der Waals surface area contributed by atoms with E-state index in [9.17, 15) is 9.59 Å². The lowest BCUT2D eigenvalue weighted by atomic mass is 9.83. The van der Waals surface area contributed by atoms with E-state index < -0.39 is 5.97 Å². The molecule has 0 heterocycles. The summed E-state index contributed by atoms with van der Waals surface area (Å²) in [5.74, 6) is -0.297. The number of carbonyl (C=O) groups is 2. The molecule has 1 aliphatic rings. The number of nitrogens with zero attached hydrogens (tertiary/aromatic N) is 1. The summed E-state index contributed by atoms with van der Waals surface area (Å²) in [6.45, 7) is 2.35. The zero-order valence-corrected chi connectivity index (χ0v) is 12.0. The molecular weight excluding hydrogens is 244 g/mol. The number of hydrogen-bond acceptors (Lipinski definition) is 2. The first-order valence-electron chi connectivity index (χ1n) is 7.28. The van der Waals surface area contributed by atoms with Crippen molar-refractivity contribution in [3.05, 3.63) is 0 Å². The highest BCUT2D eigenvalue weighted by molar-refractivity contribution is 5.75. The molecule has 1 unspecified atom stereocenters. The van der Waals surface area contributed by atoms with Crippen LogP contribution in [0.1, 0.15) is 51.9 Å². The first-order chi connectivity index (χ1) is 9.04. The summed E-state index contributed by atoms with van der Waals surface area (Å²) in [5.41, 5.74) is 0. The van der Waals surface area contributed by atoms with Crippen molar-refractivity contribution in [3.8, 4) is 0 Å². The Hall–Kier alpha value is -1.26. The van der Waals surface area contributed by atoms with E-state index in [-0.39, 0.29) is 25.0 Å². The van der Waals surface area contributed by atoms with Crippen molar-refractivity contribution < 1.29 is 14.7 Å². The van der Waals surface area contributed by atoms with Gasteiger partial charge in [-0.05, 0) is 25.2 Å². The minimum Gasteiger partial charge on any atom is -0.481 e. The van der Waals surface area contributed by atoms with E-state index >= 15 is 0 Å². The van der Waals surface area contributed by atoms with E-state index in [4.69, 9.17) is 5.11 Å². The molecule has 1 atom stereocenters. The van der Waals surface area contributed by atoms with Gasteiger partial charge in [-0.25, -0.2) is 4.79 Å². The van der Waals surface area contributed by atoms with Gasteiger partial charge in [0.1, 0.15) is 0 Å². The second-order valence-corrected chi connectivity index (χ2v) is 5.43. The SMILES string of the molecule is CCC(NC(=O)N(C)CCC(=O)O)C1CCCCC1. The highest BCUT2D eigenvalue weighted by atomic mass is 16.4. The van der Waals surface area contributed by atoms with Crippen LogP contribution in [0.2, 0.25) is 0 Å². The Kier molecular flexibility index (Phi) is 6.67. The Balaban J connectivity index is 2.40. The monoisotopic (exact) mass is 270 g/mol. The van der Waals surface area contributed by atoms with E-state index in [1.807, 2.05) is 0 Å². The Morgan fingerprint density at radius 1 is 1.32 bits per heavy atom. The fraction of sp³-hybridized carbons (Fsp3) is 0.857. The van der Waals surface area contributed by atoms with Crippen molar-refractivity contribution in [2.75, 3.05) is 13.6 Å².